The van der Waals surface area contributed by atoms with Crippen molar-refractivity contribution >= 4 is 57.3 Å². The molecule has 8 aromatic rings. The molecule has 0 amide bonds. The van der Waals surface area contributed by atoms with Gasteiger partial charge in [-0.15, -0.1) is 0 Å². The van der Waals surface area contributed by atoms with Crippen LogP contribution in [0.25, 0.3) is 77.4 Å². The fourth-order valence-electron chi connectivity index (χ4n) is 7.59. The summed E-state index contributed by atoms with van der Waals surface area (Å²) in [6.45, 7) is 0. The van der Waals surface area contributed by atoms with Crippen LogP contribution >= 0.6 is 0 Å². The van der Waals surface area contributed by atoms with Crippen molar-refractivity contribution in [3.05, 3.63) is 144 Å². The molecule has 1 aliphatic rings. The van der Waals surface area contributed by atoms with Crippen molar-refractivity contribution in [2.24, 2.45) is 0 Å². The van der Waals surface area contributed by atoms with Gasteiger partial charge in [0.2, 0.25) is 0 Å². The highest BCUT2D eigenvalue weighted by molar-refractivity contribution is 6.37. The lowest BCUT2D eigenvalue weighted by molar-refractivity contribution is 0.366. The smallest absolute Gasteiger partial charge is 0.199 e. The van der Waals surface area contributed by atoms with Crippen molar-refractivity contribution in [1.29, 1.82) is 0 Å². The number of aliphatic hydroxyl groups excluding tert-OH is 2. The Kier molecular flexibility index (Phi) is 6.48. The predicted molar refractivity (Wildman–Crippen MR) is 199 cm³/mol. The minimum absolute atomic E-state index is 0.0136. The zero-order valence-corrected chi connectivity index (χ0v) is 26.5. The lowest BCUT2D eigenvalue weighted by Crippen LogP contribution is -2.14. The summed E-state index contributed by atoms with van der Waals surface area (Å²) in [4.78, 5) is 0. The first kappa shape index (κ1) is 29.5. The molecule has 7 aromatic carbocycles. The van der Waals surface area contributed by atoms with E-state index >= 15 is 0 Å². The van der Waals surface area contributed by atoms with E-state index in [-0.39, 0.29) is 34.3 Å². The summed E-state index contributed by atoms with van der Waals surface area (Å²) in [6, 6.07) is 41.0. The molecule has 1 aliphatic carbocycles. The van der Waals surface area contributed by atoms with E-state index in [4.69, 9.17) is 12.3 Å². The van der Waals surface area contributed by atoms with Crippen molar-refractivity contribution in [1.82, 2.24) is 0 Å². The van der Waals surface area contributed by atoms with Gasteiger partial charge >= 0.3 is 0 Å². The van der Waals surface area contributed by atoms with Crippen molar-refractivity contribution < 1.29 is 29.9 Å². The van der Waals surface area contributed by atoms with Gasteiger partial charge in [0.05, 0.1) is 5.56 Å². The molecule has 238 valence electrons. The highest BCUT2D eigenvalue weighted by atomic mass is 16.3. The van der Waals surface area contributed by atoms with Crippen molar-refractivity contribution in [3.63, 3.8) is 0 Å². The van der Waals surface area contributed by atoms with E-state index in [1.807, 2.05) is 54.6 Å². The third-order valence-corrected chi connectivity index (χ3v) is 9.87. The highest BCUT2D eigenvalue weighted by Gasteiger charge is 2.33. The summed E-state index contributed by atoms with van der Waals surface area (Å²) < 4.78 is 6.34. The number of hydrogen-bond acceptors (Lipinski definition) is 6. The van der Waals surface area contributed by atoms with Gasteiger partial charge in [-0.1, -0.05) is 115 Å². The number of phenolic OH excluding ortho intramolecular Hbond substituents is 3. The molecule has 0 bridgehead atoms. The van der Waals surface area contributed by atoms with Crippen LogP contribution in [0.5, 0.6) is 17.2 Å². The monoisotopic (exact) mass is 650 g/mol. The third kappa shape index (κ3) is 4.16. The van der Waals surface area contributed by atoms with Gasteiger partial charge in [0.25, 0.3) is 0 Å². The van der Waals surface area contributed by atoms with Crippen LogP contribution in [-0.4, -0.2) is 33.4 Å². The summed E-state index contributed by atoms with van der Waals surface area (Å²) in [5.74, 6) is -3.20. The summed E-state index contributed by atoms with van der Waals surface area (Å²) in [5, 5.41) is 59.3. The van der Waals surface area contributed by atoms with Gasteiger partial charge in [0.1, 0.15) is 19.2 Å². The number of furan rings is 1. The molecule has 0 aliphatic heterocycles. The molecule has 0 fully saturated rings. The van der Waals surface area contributed by atoms with Crippen LogP contribution in [-0.2, 0) is 6.42 Å². The van der Waals surface area contributed by atoms with Gasteiger partial charge in [-0.05, 0) is 66.5 Å². The average Bonchev–Trinajstić information content (AvgIpc) is 3.49. The maximum atomic E-state index is 11.7. The topological polar surface area (TPSA) is 114 Å². The fraction of sp³-hybridized carbons (Fsp3) is 0.0233. The Morgan fingerprint density at radius 3 is 1.64 bits per heavy atom. The Morgan fingerprint density at radius 2 is 1.00 bits per heavy atom. The van der Waals surface area contributed by atoms with Crippen LogP contribution in [0.15, 0.2) is 126 Å². The van der Waals surface area contributed by atoms with Crippen LogP contribution in [0.1, 0.15) is 22.5 Å². The number of fused-ring (bicyclic) bond motifs is 6. The minimum atomic E-state index is -0.818. The van der Waals surface area contributed by atoms with Gasteiger partial charge in [0, 0.05) is 22.9 Å². The van der Waals surface area contributed by atoms with E-state index in [1.165, 1.54) is 0 Å². The number of phenols is 3. The van der Waals surface area contributed by atoms with Gasteiger partial charge < -0.3 is 29.9 Å². The van der Waals surface area contributed by atoms with Gasteiger partial charge in [0.15, 0.2) is 28.8 Å². The van der Waals surface area contributed by atoms with E-state index in [2.05, 4.69) is 60.7 Å². The molecule has 50 heavy (non-hydrogen) atoms. The van der Waals surface area contributed by atoms with Crippen LogP contribution < -0.4 is 5.46 Å². The van der Waals surface area contributed by atoms with Crippen LogP contribution in [0.4, 0.5) is 0 Å². The Labute approximate surface area is 287 Å². The maximum absolute atomic E-state index is 11.7. The van der Waals surface area contributed by atoms with Crippen molar-refractivity contribution in [2.45, 2.75) is 6.42 Å². The number of rotatable bonds is 3. The van der Waals surface area contributed by atoms with Crippen molar-refractivity contribution in [2.75, 3.05) is 0 Å². The lowest BCUT2D eigenvalue weighted by Gasteiger charge is -2.19. The fourth-order valence-corrected chi connectivity index (χ4v) is 7.59. The maximum Gasteiger partial charge on any atom is 0.199 e. The Hall–Kier alpha value is -6.60. The van der Waals surface area contributed by atoms with Gasteiger partial charge in [-0.3, -0.25) is 0 Å². The Bertz CT molecular complexity index is 2670. The Morgan fingerprint density at radius 1 is 0.460 bits per heavy atom. The molecule has 2 radical (unpaired) electrons. The number of benzene rings is 7. The second kappa shape index (κ2) is 11.0. The molecule has 1 heterocycles. The molecule has 0 unspecified atom stereocenters. The minimum Gasteiger partial charge on any atom is -0.505 e. The van der Waals surface area contributed by atoms with E-state index in [0.29, 0.717) is 11.0 Å². The molecule has 9 rings (SSSR count). The molecule has 0 spiro atoms. The van der Waals surface area contributed by atoms with Crippen molar-refractivity contribution in [3.8, 4) is 50.6 Å². The quantitative estimate of drug-likeness (QED) is 0.0740. The average molecular weight is 650 g/mol. The number of aromatic hydroxyl groups is 3. The molecule has 1 aromatic heterocycles. The summed E-state index contributed by atoms with van der Waals surface area (Å²) in [6.07, 6.45) is -0.129. The lowest BCUT2D eigenvalue weighted by atomic mass is 9.84. The second-order valence-corrected chi connectivity index (χ2v) is 12.6. The first-order valence-electron chi connectivity index (χ1n) is 16.2. The number of hydrogen-bond donors (Lipinski definition) is 5. The largest absolute Gasteiger partial charge is 0.505 e. The van der Waals surface area contributed by atoms with Gasteiger partial charge in [-0.25, -0.2) is 0 Å². The van der Waals surface area contributed by atoms with E-state index < -0.39 is 28.8 Å². The molecular weight excluding hydrogens is 623 g/mol. The second-order valence-electron chi connectivity index (χ2n) is 12.6. The first-order valence-corrected chi connectivity index (χ1v) is 16.2. The zero-order valence-electron chi connectivity index (χ0n) is 26.5. The molecule has 0 atom stereocenters. The van der Waals surface area contributed by atoms with E-state index in [0.717, 1.165) is 54.9 Å². The zero-order chi connectivity index (χ0) is 34.3. The molecular formula is C43H27BO6. The first-order chi connectivity index (χ1) is 24.3. The molecule has 0 saturated carbocycles. The Balaban J connectivity index is 1.33. The SMILES string of the molecule is [B]c1c(O)c(O)c(O)c2c1C(O)=C(O)c1c(oc3cccc(-c4c5ccccc5c(-c5ccc(-c6ccccc6)cc5)c5ccccc45)c13)C2. The van der Waals surface area contributed by atoms with Crippen LogP contribution in [0.3, 0.4) is 0 Å². The third-order valence-electron chi connectivity index (χ3n) is 9.87. The normalized spacial score (nSPS) is 12.7. The molecule has 0 saturated heterocycles. The number of aliphatic hydroxyl groups is 2. The van der Waals surface area contributed by atoms with E-state index in [9.17, 15) is 25.5 Å². The summed E-state index contributed by atoms with van der Waals surface area (Å²) >= 11 is 0. The summed E-state index contributed by atoms with van der Waals surface area (Å²) in [5.41, 5.74) is 6.28. The van der Waals surface area contributed by atoms with Crippen LogP contribution in [0.2, 0.25) is 0 Å². The molecule has 6 nitrogen and oxygen atoms in total. The standard InChI is InChI=1S/C43H27BO6/c44-38-36-30(39(45)43(49)42(38)48)21-32-37(41(47)40(36)46)35-29(15-8-16-31(35)50-32)34-27-13-6-4-11-25(27)33(26-12-5-7-14-28(26)34)24-19-17-23(18-20-24)22-9-2-1-3-10-22/h1-20,45-49H,21H2. The summed E-state index contributed by atoms with van der Waals surface area (Å²) in [7, 11) is 6.10. The predicted octanol–water partition coefficient (Wildman–Crippen LogP) is 9.50. The van der Waals surface area contributed by atoms with Crippen LogP contribution in [0, 0.1) is 0 Å². The highest BCUT2D eigenvalue weighted by Crippen LogP contribution is 2.50. The molecule has 5 N–H and O–H groups in total. The molecule has 7 heteroatoms. The van der Waals surface area contributed by atoms with E-state index in [1.54, 1.807) is 6.07 Å². The van der Waals surface area contributed by atoms with Gasteiger partial charge in [-0.2, -0.15) is 0 Å².